The van der Waals surface area contributed by atoms with Crippen molar-refractivity contribution in [3.63, 3.8) is 0 Å². The minimum atomic E-state index is 1.03. The SMILES string of the molecule is CN(c1ccccc1)c1ncnc2sc3c(c12)CCCC3. The van der Waals surface area contributed by atoms with E-state index in [4.69, 9.17) is 0 Å². The Morgan fingerprint density at radius 3 is 2.71 bits per heavy atom. The fourth-order valence-corrected chi connectivity index (χ4v) is 4.33. The lowest BCUT2D eigenvalue weighted by Crippen LogP contribution is -2.12. The average molecular weight is 295 g/mol. The summed E-state index contributed by atoms with van der Waals surface area (Å²) in [7, 11) is 2.09. The highest BCUT2D eigenvalue weighted by Gasteiger charge is 2.21. The van der Waals surface area contributed by atoms with Gasteiger partial charge >= 0.3 is 0 Å². The number of aryl methyl sites for hydroxylation is 2. The summed E-state index contributed by atoms with van der Waals surface area (Å²) in [5, 5.41) is 1.27. The van der Waals surface area contributed by atoms with E-state index in [9.17, 15) is 0 Å². The lowest BCUT2D eigenvalue weighted by molar-refractivity contribution is 0.700. The van der Waals surface area contributed by atoms with Crippen LogP contribution in [0.5, 0.6) is 0 Å². The number of rotatable bonds is 2. The third-order valence-electron chi connectivity index (χ3n) is 4.19. The lowest BCUT2D eigenvalue weighted by Gasteiger charge is -2.20. The van der Waals surface area contributed by atoms with Crippen molar-refractivity contribution < 1.29 is 0 Å². The second kappa shape index (κ2) is 5.11. The molecule has 0 N–H and O–H groups in total. The van der Waals surface area contributed by atoms with Gasteiger partial charge in [0.1, 0.15) is 17.0 Å². The van der Waals surface area contributed by atoms with Crippen LogP contribution in [0.15, 0.2) is 36.7 Å². The number of aromatic nitrogens is 2. The van der Waals surface area contributed by atoms with Crippen molar-refractivity contribution in [2.45, 2.75) is 25.7 Å². The van der Waals surface area contributed by atoms with Gasteiger partial charge in [0.05, 0.1) is 5.39 Å². The highest BCUT2D eigenvalue weighted by Crippen LogP contribution is 2.40. The molecule has 1 aliphatic rings. The molecule has 1 aromatic carbocycles. The minimum Gasteiger partial charge on any atom is -0.329 e. The number of hydrogen-bond acceptors (Lipinski definition) is 4. The van der Waals surface area contributed by atoms with Crippen LogP contribution in [0.2, 0.25) is 0 Å². The first kappa shape index (κ1) is 12.8. The number of anilines is 2. The van der Waals surface area contributed by atoms with Gasteiger partial charge in [0.25, 0.3) is 0 Å². The molecule has 3 nitrogen and oxygen atoms in total. The van der Waals surface area contributed by atoms with Crippen LogP contribution in [-0.2, 0) is 12.8 Å². The van der Waals surface area contributed by atoms with E-state index in [0.717, 1.165) is 16.3 Å². The Morgan fingerprint density at radius 2 is 1.86 bits per heavy atom. The zero-order valence-corrected chi connectivity index (χ0v) is 12.9. The maximum Gasteiger partial charge on any atom is 0.145 e. The van der Waals surface area contributed by atoms with E-state index in [1.165, 1.54) is 41.5 Å². The second-order valence-corrected chi connectivity index (χ2v) is 6.57. The maximum absolute atomic E-state index is 4.59. The molecule has 0 fully saturated rings. The van der Waals surface area contributed by atoms with E-state index < -0.39 is 0 Å². The molecule has 2 heterocycles. The van der Waals surface area contributed by atoms with Crippen molar-refractivity contribution >= 4 is 33.1 Å². The zero-order valence-electron chi connectivity index (χ0n) is 12.0. The average Bonchev–Trinajstić information content (AvgIpc) is 2.93. The molecule has 0 atom stereocenters. The Hall–Kier alpha value is -1.94. The Morgan fingerprint density at radius 1 is 1.05 bits per heavy atom. The molecule has 1 aliphatic carbocycles. The summed E-state index contributed by atoms with van der Waals surface area (Å²) in [5.74, 6) is 1.03. The normalized spacial score (nSPS) is 14.1. The molecule has 106 valence electrons. The summed E-state index contributed by atoms with van der Waals surface area (Å²) in [6.45, 7) is 0. The molecular weight excluding hydrogens is 278 g/mol. The summed E-state index contributed by atoms with van der Waals surface area (Å²) in [5.41, 5.74) is 2.65. The van der Waals surface area contributed by atoms with Gasteiger partial charge in [-0.05, 0) is 43.4 Å². The second-order valence-electron chi connectivity index (χ2n) is 5.48. The van der Waals surface area contributed by atoms with Crippen LogP contribution in [0.3, 0.4) is 0 Å². The molecule has 0 unspecified atom stereocenters. The molecule has 4 rings (SSSR count). The molecule has 0 radical (unpaired) electrons. The predicted octanol–water partition coefficient (Wildman–Crippen LogP) is 4.34. The summed E-state index contributed by atoms with van der Waals surface area (Å²) in [6.07, 6.45) is 6.64. The van der Waals surface area contributed by atoms with Gasteiger partial charge in [0.2, 0.25) is 0 Å². The molecule has 2 aromatic heterocycles. The van der Waals surface area contributed by atoms with Crippen LogP contribution < -0.4 is 4.90 Å². The first-order valence-electron chi connectivity index (χ1n) is 7.38. The molecule has 4 heteroatoms. The highest BCUT2D eigenvalue weighted by atomic mass is 32.1. The van der Waals surface area contributed by atoms with E-state index in [1.807, 2.05) is 17.4 Å². The fraction of sp³-hybridized carbons (Fsp3) is 0.294. The third kappa shape index (κ3) is 2.10. The molecule has 0 aliphatic heterocycles. The predicted molar refractivity (Wildman–Crippen MR) is 88.6 cm³/mol. The molecule has 0 saturated heterocycles. The monoisotopic (exact) mass is 295 g/mol. The van der Waals surface area contributed by atoms with Gasteiger partial charge in [-0.25, -0.2) is 9.97 Å². The maximum atomic E-state index is 4.59. The Balaban J connectivity index is 1.91. The van der Waals surface area contributed by atoms with Crippen LogP contribution in [0, 0.1) is 0 Å². The van der Waals surface area contributed by atoms with Crippen molar-refractivity contribution in [3.8, 4) is 0 Å². The fourth-order valence-electron chi connectivity index (χ4n) is 3.10. The van der Waals surface area contributed by atoms with E-state index in [0.29, 0.717) is 0 Å². The van der Waals surface area contributed by atoms with E-state index in [2.05, 4.69) is 46.2 Å². The van der Waals surface area contributed by atoms with Crippen LogP contribution >= 0.6 is 11.3 Å². The highest BCUT2D eigenvalue weighted by molar-refractivity contribution is 7.19. The van der Waals surface area contributed by atoms with Gasteiger partial charge in [0, 0.05) is 17.6 Å². The molecule has 21 heavy (non-hydrogen) atoms. The van der Waals surface area contributed by atoms with Gasteiger partial charge in [-0.1, -0.05) is 18.2 Å². The molecule has 0 saturated carbocycles. The quantitative estimate of drug-likeness (QED) is 0.704. The lowest BCUT2D eigenvalue weighted by atomic mass is 9.97. The first-order chi connectivity index (χ1) is 10.3. The van der Waals surface area contributed by atoms with Gasteiger partial charge < -0.3 is 4.90 Å². The summed E-state index contributed by atoms with van der Waals surface area (Å²) < 4.78 is 0. The van der Waals surface area contributed by atoms with Gasteiger partial charge in [0.15, 0.2) is 0 Å². The smallest absolute Gasteiger partial charge is 0.145 e. The van der Waals surface area contributed by atoms with Crippen molar-refractivity contribution in [2.24, 2.45) is 0 Å². The largest absolute Gasteiger partial charge is 0.329 e. The number of benzene rings is 1. The number of hydrogen-bond donors (Lipinski definition) is 0. The van der Waals surface area contributed by atoms with Crippen molar-refractivity contribution in [3.05, 3.63) is 47.1 Å². The van der Waals surface area contributed by atoms with Crippen LogP contribution in [0.25, 0.3) is 10.2 Å². The van der Waals surface area contributed by atoms with E-state index >= 15 is 0 Å². The first-order valence-corrected chi connectivity index (χ1v) is 8.20. The van der Waals surface area contributed by atoms with Crippen LogP contribution in [0.4, 0.5) is 11.5 Å². The Kier molecular flexibility index (Phi) is 3.11. The van der Waals surface area contributed by atoms with Crippen LogP contribution in [0.1, 0.15) is 23.3 Å². The molecule has 3 aromatic rings. The van der Waals surface area contributed by atoms with Crippen LogP contribution in [-0.4, -0.2) is 17.0 Å². The summed E-state index contributed by atoms with van der Waals surface area (Å²) >= 11 is 1.85. The van der Waals surface area contributed by atoms with Gasteiger partial charge in [-0.15, -0.1) is 11.3 Å². The topological polar surface area (TPSA) is 29.0 Å². The zero-order chi connectivity index (χ0) is 14.2. The van der Waals surface area contributed by atoms with Crippen molar-refractivity contribution in [1.29, 1.82) is 0 Å². The molecule has 0 amide bonds. The molecular formula is C17H17N3S. The third-order valence-corrected chi connectivity index (χ3v) is 5.39. The van der Waals surface area contributed by atoms with Crippen molar-refractivity contribution in [1.82, 2.24) is 9.97 Å². The standard InChI is InChI=1S/C17H17N3S/c1-20(12-7-3-2-4-8-12)16-15-13-9-5-6-10-14(13)21-17(15)19-11-18-16/h2-4,7-8,11H,5-6,9-10H2,1H3. The summed E-state index contributed by atoms with van der Waals surface area (Å²) in [6, 6.07) is 10.4. The van der Waals surface area contributed by atoms with Gasteiger partial charge in [-0.2, -0.15) is 0 Å². The van der Waals surface area contributed by atoms with E-state index in [1.54, 1.807) is 6.33 Å². The van der Waals surface area contributed by atoms with E-state index in [-0.39, 0.29) is 0 Å². The Bertz CT molecular complexity index is 779. The molecule has 0 bridgehead atoms. The van der Waals surface area contributed by atoms with Crippen molar-refractivity contribution in [2.75, 3.05) is 11.9 Å². The number of thiophene rings is 1. The minimum absolute atomic E-state index is 1.03. The van der Waals surface area contributed by atoms with Gasteiger partial charge in [-0.3, -0.25) is 0 Å². The number of nitrogens with zero attached hydrogens (tertiary/aromatic N) is 3. The number of para-hydroxylation sites is 1. The molecule has 0 spiro atoms. The summed E-state index contributed by atoms with van der Waals surface area (Å²) in [4.78, 5) is 13.9. The Labute approximate surface area is 128 Å². The number of fused-ring (bicyclic) bond motifs is 3.